The molecule has 0 amide bonds. The third-order valence-corrected chi connectivity index (χ3v) is 5.27. The summed E-state index contributed by atoms with van der Waals surface area (Å²) < 4.78 is 0. The molecule has 1 aromatic rings. The van der Waals surface area contributed by atoms with Gasteiger partial charge in [0, 0.05) is 6.04 Å². The van der Waals surface area contributed by atoms with E-state index in [1.54, 1.807) is 0 Å². The molecule has 0 fully saturated rings. The topological polar surface area (TPSA) is 12.0 Å². The van der Waals surface area contributed by atoms with Gasteiger partial charge in [-0.15, -0.1) is 0 Å². The van der Waals surface area contributed by atoms with Crippen molar-refractivity contribution >= 4 is 0 Å². The Balaban J connectivity index is 2.51. The average molecular weight is 330 g/mol. The van der Waals surface area contributed by atoms with Gasteiger partial charge in [-0.25, -0.2) is 0 Å². The Morgan fingerprint density at radius 3 is 2.50 bits per heavy atom. The fourth-order valence-electron chi connectivity index (χ4n) is 3.29. The summed E-state index contributed by atoms with van der Waals surface area (Å²) in [5.74, 6) is 1.51. The Morgan fingerprint density at radius 1 is 1.08 bits per heavy atom. The van der Waals surface area contributed by atoms with Gasteiger partial charge in [-0.1, -0.05) is 76.5 Å². The highest BCUT2D eigenvalue weighted by molar-refractivity contribution is 5.28. The van der Waals surface area contributed by atoms with E-state index in [2.05, 4.69) is 63.9 Å². The molecule has 3 unspecified atom stereocenters. The molecule has 1 nitrogen and oxygen atoms in total. The van der Waals surface area contributed by atoms with Crippen LogP contribution in [0.1, 0.15) is 83.3 Å². The maximum absolute atomic E-state index is 4.28. The minimum absolute atomic E-state index is 0.568. The first-order valence-corrected chi connectivity index (χ1v) is 9.89. The minimum Gasteiger partial charge on any atom is -0.317 e. The summed E-state index contributed by atoms with van der Waals surface area (Å²) in [4.78, 5) is 0. The number of rotatable bonds is 12. The van der Waals surface area contributed by atoms with Crippen molar-refractivity contribution in [3.05, 3.63) is 47.5 Å². The van der Waals surface area contributed by atoms with Gasteiger partial charge < -0.3 is 5.32 Å². The standard InChI is InChI=1S/C23H39N/c1-7-9-18(2)12-14-20(4)23-11-8-10-22(17-23)16-19(3)13-15-21(5)24-6/h8,10-11,17-18,20-21,24H,3,7,9,12-16H2,1-2,4-6H3. The van der Waals surface area contributed by atoms with Gasteiger partial charge in [-0.3, -0.25) is 0 Å². The lowest BCUT2D eigenvalue weighted by molar-refractivity contribution is 0.449. The SMILES string of the molecule is C=C(CCC(C)NC)Cc1cccc(C(C)CCC(C)CCC)c1. The molecule has 0 saturated heterocycles. The van der Waals surface area contributed by atoms with Gasteiger partial charge >= 0.3 is 0 Å². The van der Waals surface area contributed by atoms with Crippen molar-refractivity contribution in [3.63, 3.8) is 0 Å². The minimum atomic E-state index is 0.568. The lowest BCUT2D eigenvalue weighted by Crippen LogP contribution is -2.20. The summed E-state index contributed by atoms with van der Waals surface area (Å²) in [6.07, 6.45) is 8.59. The van der Waals surface area contributed by atoms with Crippen molar-refractivity contribution in [2.24, 2.45) is 5.92 Å². The summed E-state index contributed by atoms with van der Waals surface area (Å²) in [6, 6.07) is 9.74. The number of nitrogens with one attached hydrogen (secondary N) is 1. The summed E-state index contributed by atoms with van der Waals surface area (Å²) in [5.41, 5.74) is 4.26. The van der Waals surface area contributed by atoms with Crippen LogP contribution in [0.15, 0.2) is 36.4 Å². The van der Waals surface area contributed by atoms with Gasteiger partial charge in [0.15, 0.2) is 0 Å². The van der Waals surface area contributed by atoms with Crippen molar-refractivity contribution in [2.45, 2.75) is 84.6 Å². The highest BCUT2D eigenvalue weighted by atomic mass is 14.8. The smallest absolute Gasteiger partial charge is 0.00387 e. The highest BCUT2D eigenvalue weighted by Gasteiger charge is 2.10. The van der Waals surface area contributed by atoms with E-state index in [9.17, 15) is 0 Å². The van der Waals surface area contributed by atoms with Crippen LogP contribution in [-0.2, 0) is 6.42 Å². The molecule has 0 saturated carbocycles. The normalized spacial score (nSPS) is 15.0. The number of hydrogen-bond acceptors (Lipinski definition) is 1. The van der Waals surface area contributed by atoms with Gasteiger partial charge in [0.2, 0.25) is 0 Å². The molecule has 1 heteroatoms. The van der Waals surface area contributed by atoms with Crippen LogP contribution in [0.4, 0.5) is 0 Å². The Hall–Kier alpha value is -1.08. The van der Waals surface area contributed by atoms with Crippen molar-refractivity contribution in [2.75, 3.05) is 7.05 Å². The van der Waals surface area contributed by atoms with E-state index in [1.807, 2.05) is 7.05 Å². The van der Waals surface area contributed by atoms with E-state index in [0.29, 0.717) is 12.0 Å². The number of allylic oxidation sites excluding steroid dienone is 1. The molecule has 0 spiro atoms. The molecule has 0 aromatic heterocycles. The first-order valence-electron chi connectivity index (χ1n) is 9.89. The zero-order valence-corrected chi connectivity index (χ0v) is 16.7. The second kappa shape index (κ2) is 11.5. The van der Waals surface area contributed by atoms with Crippen LogP contribution in [0.2, 0.25) is 0 Å². The third kappa shape index (κ3) is 8.15. The van der Waals surface area contributed by atoms with E-state index in [0.717, 1.165) is 18.8 Å². The summed E-state index contributed by atoms with van der Waals surface area (Å²) in [7, 11) is 2.03. The maximum atomic E-state index is 4.28. The van der Waals surface area contributed by atoms with Crippen molar-refractivity contribution in [1.82, 2.24) is 5.32 Å². The zero-order chi connectivity index (χ0) is 17.9. The van der Waals surface area contributed by atoms with Crippen LogP contribution >= 0.6 is 0 Å². The van der Waals surface area contributed by atoms with Gasteiger partial charge in [-0.05, 0) is 62.6 Å². The van der Waals surface area contributed by atoms with E-state index in [4.69, 9.17) is 0 Å². The molecule has 0 aliphatic carbocycles. The molecular weight excluding hydrogens is 290 g/mol. The molecule has 0 radical (unpaired) electrons. The van der Waals surface area contributed by atoms with Gasteiger partial charge in [0.1, 0.15) is 0 Å². The third-order valence-electron chi connectivity index (χ3n) is 5.27. The highest BCUT2D eigenvalue weighted by Crippen LogP contribution is 2.26. The van der Waals surface area contributed by atoms with Gasteiger partial charge in [-0.2, -0.15) is 0 Å². The first kappa shape index (κ1) is 21.0. The second-order valence-electron chi connectivity index (χ2n) is 7.77. The van der Waals surface area contributed by atoms with Crippen LogP contribution in [0, 0.1) is 5.92 Å². The van der Waals surface area contributed by atoms with Crippen LogP contribution in [0.25, 0.3) is 0 Å². The zero-order valence-electron chi connectivity index (χ0n) is 16.7. The molecule has 0 aliphatic heterocycles. The molecule has 3 atom stereocenters. The quantitative estimate of drug-likeness (QED) is 0.432. The monoisotopic (exact) mass is 329 g/mol. The predicted molar refractivity (Wildman–Crippen MR) is 109 cm³/mol. The lowest BCUT2D eigenvalue weighted by Gasteiger charge is -2.17. The first-order chi connectivity index (χ1) is 11.5. The molecule has 136 valence electrons. The number of benzene rings is 1. The average Bonchev–Trinajstić information content (AvgIpc) is 2.58. The molecular formula is C23H39N. The molecule has 1 aromatic carbocycles. The van der Waals surface area contributed by atoms with Crippen molar-refractivity contribution < 1.29 is 0 Å². The Morgan fingerprint density at radius 2 is 1.83 bits per heavy atom. The summed E-state index contributed by atoms with van der Waals surface area (Å²) >= 11 is 0. The van der Waals surface area contributed by atoms with E-state index in [-0.39, 0.29) is 0 Å². The van der Waals surface area contributed by atoms with Gasteiger partial charge in [0.05, 0.1) is 0 Å². The molecule has 1 N–H and O–H groups in total. The lowest BCUT2D eigenvalue weighted by atomic mass is 9.89. The number of hydrogen-bond donors (Lipinski definition) is 1. The Labute approximate surface area is 150 Å². The fraction of sp³-hybridized carbons (Fsp3) is 0.652. The molecule has 24 heavy (non-hydrogen) atoms. The molecule has 0 aliphatic rings. The van der Waals surface area contributed by atoms with Crippen LogP contribution in [-0.4, -0.2) is 13.1 Å². The van der Waals surface area contributed by atoms with Crippen LogP contribution in [0.3, 0.4) is 0 Å². The summed E-state index contributed by atoms with van der Waals surface area (Å²) in [6.45, 7) is 13.6. The van der Waals surface area contributed by atoms with E-state index >= 15 is 0 Å². The Kier molecular flexibility index (Phi) is 10.0. The second-order valence-corrected chi connectivity index (χ2v) is 7.77. The van der Waals surface area contributed by atoms with E-state index in [1.165, 1.54) is 48.8 Å². The van der Waals surface area contributed by atoms with Crippen molar-refractivity contribution in [3.8, 4) is 0 Å². The molecule has 0 bridgehead atoms. The van der Waals surface area contributed by atoms with Crippen molar-refractivity contribution in [1.29, 1.82) is 0 Å². The fourth-order valence-corrected chi connectivity index (χ4v) is 3.29. The van der Waals surface area contributed by atoms with E-state index < -0.39 is 0 Å². The van der Waals surface area contributed by atoms with Gasteiger partial charge in [0.25, 0.3) is 0 Å². The molecule has 1 rings (SSSR count). The Bertz CT molecular complexity index is 477. The largest absolute Gasteiger partial charge is 0.317 e. The van der Waals surface area contributed by atoms with Crippen LogP contribution in [0.5, 0.6) is 0 Å². The van der Waals surface area contributed by atoms with Crippen LogP contribution < -0.4 is 5.32 Å². The maximum Gasteiger partial charge on any atom is 0.00387 e. The summed E-state index contributed by atoms with van der Waals surface area (Å²) in [5, 5.41) is 3.30. The molecule has 0 heterocycles. The predicted octanol–water partition coefficient (Wildman–Crippen LogP) is 6.49.